The Bertz CT molecular complexity index is 541. The van der Waals surface area contributed by atoms with Crippen molar-refractivity contribution < 1.29 is 4.39 Å². The quantitative estimate of drug-likeness (QED) is 0.801. The molecule has 0 bridgehead atoms. The van der Waals surface area contributed by atoms with Crippen LogP contribution in [0.1, 0.15) is 22.5 Å². The molecule has 0 aliphatic heterocycles. The van der Waals surface area contributed by atoms with Crippen molar-refractivity contribution in [2.24, 2.45) is 7.05 Å². The van der Waals surface area contributed by atoms with Gasteiger partial charge in [0.05, 0.1) is 5.69 Å². The van der Waals surface area contributed by atoms with Crippen LogP contribution in [0.2, 0.25) is 5.02 Å². The predicted octanol–water partition coefficient (Wildman–Crippen LogP) is 3.42. The van der Waals surface area contributed by atoms with Crippen molar-refractivity contribution in [3.8, 4) is 0 Å². The van der Waals surface area contributed by atoms with E-state index in [2.05, 4.69) is 5.10 Å². The van der Waals surface area contributed by atoms with Crippen LogP contribution in [-0.2, 0) is 13.5 Å². The van der Waals surface area contributed by atoms with Crippen molar-refractivity contribution in [1.82, 2.24) is 9.78 Å². The molecule has 0 saturated carbocycles. The largest absolute Gasteiger partial charge is 0.272 e. The summed E-state index contributed by atoms with van der Waals surface area (Å²) in [7, 11) is 1.88. The average Bonchev–Trinajstić information content (AvgIpc) is 2.49. The Hall–Kier alpha value is -1.35. The van der Waals surface area contributed by atoms with Crippen LogP contribution < -0.4 is 0 Å². The minimum Gasteiger partial charge on any atom is -0.272 e. The molecule has 17 heavy (non-hydrogen) atoms. The number of hydrogen-bond acceptors (Lipinski definition) is 1. The maximum absolute atomic E-state index is 13.7. The van der Waals surface area contributed by atoms with Gasteiger partial charge in [-0.3, -0.25) is 4.68 Å². The van der Waals surface area contributed by atoms with Crippen molar-refractivity contribution >= 4 is 11.6 Å². The van der Waals surface area contributed by atoms with E-state index in [1.54, 1.807) is 16.8 Å². The number of benzene rings is 1. The number of nitrogens with zero attached hydrogens (tertiary/aromatic N) is 2. The van der Waals surface area contributed by atoms with Gasteiger partial charge in [-0.25, -0.2) is 4.39 Å². The molecule has 0 fully saturated rings. The van der Waals surface area contributed by atoms with Crippen LogP contribution in [0, 0.1) is 19.7 Å². The van der Waals surface area contributed by atoms with Gasteiger partial charge >= 0.3 is 0 Å². The van der Waals surface area contributed by atoms with Crippen molar-refractivity contribution in [2.45, 2.75) is 20.3 Å². The highest BCUT2D eigenvalue weighted by atomic mass is 35.5. The van der Waals surface area contributed by atoms with Gasteiger partial charge in [0.1, 0.15) is 5.82 Å². The molecule has 0 N–H and O–H groups in total. The summed E-state index contributed by atoms with van der Waals surface area (Å²) in [6, 6.07) is 4.76. The molecule has 1 aromatic heterocycles. The van der Waals surface area contributed by atoms with Gasteiger partial charge in [0, 0.05) is 35.3 Å². The lowest BCUT2D eigenvalue weighted by Gasteiger charge is -2.06. The van der Waals surface area contributed by atoms with Crippen LogP contribution in [0.3, 0.4) is 0 Å². The van der Waals surface area contributed by atoms with Gasteiger partial charge in [0.25, 0.3) is 0 Å². The monoisotopic (exact) mass is 252 g/mol. The smallest absolute Gasteiger partial charge is 0.128 e. The lowest BCUT2D eigenvalue weighted by Crippen LogP contribution is -1.98. The first-order valence-corrected chi connectivity index (χ1v) is 5.80. The molecule has 0 aliphatic carbocycles. The van der Waals surface area contributed by atoms with E-state index in [4.69, 9.17) is 11.6 Å². The fourth-order valence-electron chi connectivity index (χ4n) is 1.95. The third-order valence-corrected chi connectivity index (χ3v) is 3.43. The molecule has 0 radical (unpaired) electrons. The summed E-state index contributed by atoms with van der Waals surface area (Å²) in [6.45, 7) is 3.90. The van der Waals surface area contributed by atoms with Gasteiger partial charge in [0.2, 0.25) is 0 Å². The molecule has 0 spiro atoms. The van der Waals surface area contributed by atoms with Gasteiger partial charge < -0.3 is 0 Å². The SMILES string of the molecule is Cc1nn(C)c(C)c1Cc1c(F)cccc1Cl. The standard InChI is InChI=1S/C13H14ClFN2/c1-8-10(9(2)17(3)16-8)7-11-12(14)5-4-6-13(11)15/h4-6H,7H2,1-3H3. The summed E-state index contributed by atoms with van der Waals surface area (Å²) >= 11 is 6.02. The highest BCUT2D eigenvalue weighted by Crippen LogP contribution is 2.24. The van der Waals surface area contributed by atoms with Crippen LogP contribution in [0.5, 0.6) is 0 Å². The molecule has 1 aromatic carbocycles. The normalized spacial score (nSPS) is 10.9. The summed E-state index contributed by atoms with van der Waals surface area (Å²) in [6.07, 6.45) is 0.483. The fraction of sp³-hybridized carbons (Fsp3) is 0.308. The molecule has 0 saturated heterocycles. The Morgan fingerprint density at radius 1 is 1.29 bits per heavy atom. The number of halogens is 2. The number of aromatic nitrogens is 2. The zero-order chi connectivity index (χ0) is 12.6. The van der Waals surface area contributed by atoms with Gasteiger partial charge in [0.15, 0.2) is 0 Å². The minimum absolute atomic E-state index is 0.264. The second-order valence-electron chi connectivity index (χ2n) is 4.15. The highest BCUT2D eigenvalue weighted by molar-refractivity contribution is 6.31. The molecular formula is C13H14ClFN2. The van der Waals surface area contributed by atoms with Gasteiger partial charge in [-0.1, -0.05) is 17.7 Å². The van der Waals surface area contributed by atoms with Crippen LogP contribution in [-0.4, -0.2) is 9.78 Å². The van der Waals surface area contributed by atoms with Gasteiger partial charge in [-0.15, -0.1) is 0 Å². The third kappa shape index (κ3) is 2.20. The second-order valence-corrected chi connectivity index (χ2v) is 4.56. The highest BCUT2D eigenvalue weighted by Gasteiger charge is 2.14. The molecular weight excluding hydrogens is 239 g/mol. The Kier molecular flexibility index (Phi) is 3.20. The summed E-state index contributed by atoms with van der Waals surface area (Å²) in [5.41, 5.74) is 3.54. The molecule has 90 valence electrons. The minimum atomic E-state index is -0.264. The number of aryl methyl sites for hydroxylation is 2. The summed E-state index contributed by atoms with van der Waals surface area (Å²) in [5, 5.41) is 4.78. The van der Waals surface area contributed by atoms with Crippen LogP contribution in [0.4, 0.5) is 4.39 Å². The van der Waals surface area contributed by atoms with E-state index in [1.807, 2.05) is 20.9 Å². The van der Waals surface area contributed by atoms with Crippen molar-refractivity contribution in [1.29, 1.82) is 0 Å². The Labute approximate surface area is 105 Å². The van der Waals surface area contributed by atoms with E-state index in [0.29, 0.717) is 17.0 Å². The molecule has 2 aromatic rings. The summed E-state index contributed by atoms with van der Waals surface area (Å²) in [5.74, 6) is -0.264. The van der Waals surface area contributed by atoms with Gasteiger partial charge in [-0.05, 0) is 26.0 Å². The maximum atomic E-state index is 13.7. The zero-order valence-electron chi connectivity index (χ0n) is 10.1. The first-order valence-electron chi connectivity index (χ1n) is 5.42. The molecule has 2 rings (SSSR count). The molecule has 0 atom stereocenters. The molecule has 0 unspecified atom stereocenters. The number of rotatable bonds is 2. The molecule has 1 heterocycles. The summed E-state index contributed by atoms with van der Waals surface area (Å²) in [4.78, 5) is 0. The van der Waals surface area contributed by atoms with E-state index in [1.165, 1.54) is 6.07 Å². The van der Waals surface area contributed by atoms with Crippen molar-refractivity contribution in [2.75, 3.05) is 0 Å². The van der Waals surface area contributed by atoms with E-state index in [9.17, 15) is 4.39 Å². The summed E-state index contributed by atoms with van der Waals surface area (Å²) < 4.78 is 15.5. The van der Waals surface area contributed by atoms with Crippen molar-refractivity contribution in [3.05, 3.63) is 51.6 Å². The Morgan fingerprint density at radius 3 is 2.53 bits per heavy atom. The lowest BCUT2D eigenvalue weighted by atomic mass is 10.0. The maximum Gasteiger partial charge on any atom is 0.128 e. The van der Waals surface area contributed by atoms with Crippen LogP contribution in [0.25, 0.3) is 0 Å². The lowest BCUT2D eigenvalue weighted by molar-refractivity contribution is 0.614. The molecule has 0 aliphatic rings. The first-order chi connectivity index (χ1) is 8.00. The van der Waals surface area contributed by atoms with Crippen molar-refractivity contribution in [3.63, 3.8) is 0 Å². The first kappa shape index (κ1) is 12.1. The number of hydrogen-bond donors (Lipinski definition) is 0. The van der Waals surface area contributed by atoms with E-state index < -0.39 is 0 Å². The fourth-order valence-corrected chi connectivity index (χ4v) is 2.18. The zero-order valence-corrected chi connectivity index (χ0v) is 10.8. The topological polar surface area (TPSA) is 17.8 Å². The average molecular weight is 253 g/mol. The Morgan fingerprint density at radius 2 is 2.00 bits per heavy atom. The second kappa shape index (κ2) is 4.49. The predicted molar refractivity (Wildman–Crippen MR) is 66.9 cm³/mol. The van der Waals surface area contributed by atoms with E-state index in [-0.39, 0.29) is 5.82 Å². The van der Waals surface area contributed by atoms with Gasteiger partial charge in [-0.2, -0.15) is 5.10 Å². The van der Waals surface area contributed by atoms with Crippen LogP contribution in [0.15, 0.2) is 18.2 Å². The van der Waals surface area contributed by atoms with E-state index >= 15 is 0 Å². The molecule has 2 nitrogen and oxygen atoms in total. The third-order valence-electron chi connectivity index (χ3n) is 3.07. The molecule has 4 heteroatoms. The van der Waals surface area contributed by atoms with E-state index in [0.717, 1.165) is 17.0 Å². The Balaban J connectivity index is 2.45. The molecule has 0 amide bonds. The van der Waals surface area contributed by atoms with Crippen LogP contribution >= 0.6 is 11.6 Å².